The summed E-state index contributed by atoms with van der Waals surface area (Å²) in [5, 5.41) is 1.94. The second-order valence-electron chi connectivity index (χ2n) is 4.82. The van der Waals surface area contributed by atoms with E-state index in [-0.39, 0.29) is 5.91 Å². The van der Waals surface area contributed by atoms with E-state index in [2.05, 4.69) is 0 Å². The first-order chi connectivity index (χ1) is 9.58. The summed E-state index contributed by atoms with van der Waals surface area (Å²) in [6, 6.07) is 9.88. The normalized spacial score (nSPS) is 10.3. The van der Waals surface area contributed by atoms with Crippen molar-refractivity contribution in [1.82, 2.24) is 4.90 Å². The van der Waals surface area contributed by atoms with Gasteiger partial charge in [-0.05, 0) is 48.6 Å². The highest BCUT2D eigenvalue weighted by atomic mass is 32.1. The van der Waals surface area contributed by atoms with Gasteiger partial charge in [-0.2, -0.15) is 0 Å². The lowest BCUT2D eigenvalue weighted by Crippen LogP contribution is -2.30. The van der Waals surface area contributed by atoms with Crippen molar-refractivity contribution < 1.29 is 9.53 Å². The predicted molar refractivity (Wildman–Crippen MR) is 82.7 cm³/mol. The van der Waals surface area contributed by atoms with E-state index < -0.39 is 0 Å². The van der Waals surface area contributed by atoms with Crippen LogP contribution in [0.4, 0.5) is 0 Å². The van der Waals surface area contributed by atoms with Crippen molar-refractivity contribution >= 4 is 17.2 Å². The van der Waals surface area contributed by atoms with Gasteiger partial charge in [0.1, 0.15) is 12.4 Å². The van der Waals surface area contributed by atoms with Crippen LogP contribution >= 0.6 is 11.3 Å². The Balaban J connectivity index is 1.85. The van der Waals surface area contributed by atoms with E-state index >= 15 is 0 Å². The van der Waals surface area contributed by atoms with E-state index in [1.54, 1.807) is 11.9 Å². The van der Waals surface area contributed by atoms with E-state index in [1.807, 2.05) is 49.6 Å². The van der Waals surface area contributed by atoms with Gasteiger partial charge in [-0.15, -0.1) is 11.3 Å². The predicted octanol–water partition coefficient (Wildman–Crippen LogP) is 3.52. The molecule has 0 aliphatic heterocycles. The Morgan fingerprint density at radius 1 is 1.30 bits per heavy atom. The van der Waals surface area contributed by atoms with Crippen molar-refractivity contribution in [2.75, 3.05) is 20.2 Å². The standard InChI is InChI=1S/C16H19NO2S/c1-12-5-4-6-14(11-12)19-9-8-17(3)16(18)15-13(2)7-10-20-15/h4-7,10-11H,8-9H2,1-3H3. The molecule has 0 spiro atoms. The average molecular weight is 289 g/mol. The van der Waals surface area contributed by atoms with Gasteiger partial charge in [0.2, 0.25) is 0 Å². The van der Waals surface area contributed by atoms with E-state index in [0.717, 1.165) is 16.2 Å². The van der Waals surface area contributed by atoms with Crippen LogP contribution in [0.15, 0.2) is 35.7 Å². The van der Waals surface area contributed by atoms with Gasteiger partial charge in [0, 0.05) is 7.05 Å². The van der Waals surface area contributed by atoms with Gasteiger partial charge in [-0.3, -0.25) is 4.79 Å². The van der Waals surface area contributed by atoms with Crippen LogP contribution in [0.5, 0.6) is 5.75 Å². The Kier molecular flexibility index (Phi) is 4.79. The summed E-state index contributed by atoms with van der Waals surface area (Å²) in [5.41, 5.74) is 2.20. The van der Waals surface area contributed by atoms with Crippen molar-refractivity contribution in [3.63, 3.8) is 0 Å². The smallest absolute Gasteiger partial charge is 0.264 e. The number of nitrogens with zero attached hydrogens (tertiary/aromatic N) is 1. The number of thiophene rings is 1. The fraction of sp³-hybridized carbons (Fsp3) is 0.312. The molecule has 0 unspecified atom stereocenters. The molecule has 0 fully saturated rings. The number of hydrogen-bond donors (Lipinski definition) is 0. The van der Waals surface area contributed by atoms with Crippen molar-refractivity contribution in [3.8, 4) is 5.75 Å². The molecule has 0 saturated heterocycles. The largest absolute Gasteiger partial charge is 0.492 e. The number of hydrogen-bond acceptors (Lipinski definition) is 3. The van der Waals surface area contributed by atoms with Crippen molar-refractivity contribution in [3.05, 3.63) is 51.7 Å². The van der Waals surface area contributed by atoms with Gasteiger partial charge in [-0.25, -0.2) is 0 Å². The maximum Gasteiger partial charge on any atom is 0.264 e. The molecule has 0 aliphatic carbocycles. The van der Waals surface area contributed by atoms with Crippen molar-refractivity contribution in [2.45, 2.75) is 13.8 Å². The van der Waals surface area contributed by atoms with Gasteiger partial charge in [0.05, 0.1) is 11.4 Å². The molecule has 2 aromatic rings. The minimum atomic E-state index is 0.0605. The molecule has 0 atom stereocenters. The zero-order chi connectivity index (χ0) is 14.5. The summed E-state index contributed by atoms with van der Waals surface area (Å²) < 4.78 is 5.66. The Bertz CT molecular complexity index is 592. The van der Waals surface area contributed by atoms with E-state index in [9.17, 15) is 4.79 Å². The SMILES string of the molecule is Cc1cccc(OCCN(C)C(=O)c2sccc2C)c1. The Labute approximate surface area is 123 Å². The van der Waals surface area contributed by atoms with Crippen LogP contribution < -0.4 is 4.74 Å². The van der Waals surface area contributed by atoms with Gasteiger partial charge in [-0.1, -0.05) is 12.1 Å². The lowest BCUT2D eigenvalue weighted by atomic mass is 10.2. The summed E-state index contributed by atoms with van der Waals surface area (Å²) in [6.45, 7) is 5.06. The molecule has 0 bridgehead atoms. The molecule has 0 aliphatic rings. The van der Waals surface area contributed by atoms with Gasteiger partial charge in [0.25, 0.3) is 5.91 Å². The number of carbonyl (C=O) groups excluding carboxylic acids is 1. The molecule has 20 heavy (non-hydrogen) atoms. The maximum atomic E-state index is 12.2. The minimum absolute atomic E-state index is 0.0605. The molecule has 3 nitrogen and oxygen atoms in total. The Morgan fingerprint density at radius 2 is 2.10 bits per heavy atom. The molecule has 0 radical (unpaired) electrons. The highest BCUT2D eigenvalue weighted by Gasteiger charge is 2.15. The van der Waals surface area contributed by atoms with Crippen molar-refractivity contribution in [1.29, 1.82) is 0 Å². The number of ether oxygens (including phenoxy) is 1. The summed E-state index contributed by atoms with van der Waals surface area (Å²) in [5.74, 6) is 0.906. The van der Waals surface area contributed by atoms with Crippen LogP contribution in [0.1, 0.15) is 20.8 Å². The van der Waals surface area contributed by atoms with E-state index in [4.69, 9.17) is 4.74 Å². The number of aryl methyl sites for hydroxylation is 2. The highest BCUT2D eigenvalue weighted by Crippen LogP contribution is 2.17. The molecule has 2 rings (SSSR count). The number of amides is 1. The fourth-order valence-electron chi connectivity index (χ4n) is 1.87. The zero-order valence-electron chi connectivity index (χ0n) is 12.1. The number of likely N-dealkylation sites (N-methyl/N-ethyl adjacent to an activating group) is 1. The summed E-state index contributed by atoms with van der Waals surface area (Å²) >= 11 is 1.49. The van der Waals surface area contributed by atoms with Crippen LogP contribution in [-0.2, 0) is 0 Å². The van der Waals surface area contributed by atoms with Crippen LogP contribution in [0.2, 0.25) is 0 Å². The minimum Gasteiger partial charge on any atom is -0.492 e. The van der Waals surface area contributed by atoms with Gasteiger partial charge in [0.15, 0.2) is 0 Å². The van der Waals surface area contributed by atoms with Crippen LogP contribution in [0.3, 0.4) is 0 Å². The van der Waals surface area contributed by atoms with Crippen LogP contribution in [0, 0.1) is 13.8 Å². The van der Waals surface area contributed by atoms with Crippen LogP contribution in [0.25, 0.3) is 0 Å². The first-order valence-electron chi connectivity index (χ1n) is 6.57. The van der Waals surface area contributed by atoms with Crippen LogP contribution in [-0.4, -0.2) is 31.0 Å². The molecular weight excluding hydrogens is 270 g/mol. The van der Waals surface area contributed by atoms with Gasteiger partial charge >= 0.3 is 0 Å². The third-order valence-corrected chi connectivity index (χ3v) is 4.09. The second-order valence-corrected chi connectivity index (χ2v) is 5.74. The number of benzene rings is 1. The summed E-state index contributed by atoms with van der Waals surface area (Å²) in [6.07, 6.45) is 0. The zero-order valence-corrected chi connectivity index (χ0v) is 12.9. The highest BCUT2D eigenvalue weighted by molar-refractivity contribution is 7.12. The lowest BCUT2D eigenvalue weighted by molar-refractivity contribution is 0.0778. The molecule has 1 aromatic heterocycles. The van der Waals surface area contributed by atoms with Gasteiger partial charge < -0.3 is 9.64 Å². The molecule has 0 N–H and O–H groups in total. The molecule has 4 heteroatoms. The summed E-state index contributed by atoms with van der Waals surface area (Å²) in [7, 11) is 1.81. The van der Waals surface area contributed by atoms with E-state index in [0.29, 0.717) is 13.2 Å². The first kappa shape index (κ1) is 14.6. The topological polar surface area (TPSA) is 29.5 Å². The fourth-order valence-corrected chi connectivity index (χ4v) is 2.79. The quantitative estimate of drug-likeness (QED) is 0.843. The maximum absolute atomic E-state index is 12.2. The molecule has 1 amide bonds. The first-order valence-corrected chi connectivity index (χ1v) is 7.45. The third kappa shape index (κ3) is 3.61. The lowest BCUT2D eigenvalue weighted by Gasteiger charge is -2.17. The summed E-state index contributed by atoms with van der Waals surface area (Å²) in [4.78, 5) is 14.7. The average Bonchev–Trinajstić information content (AvgIpc) is 2.84. The number of rotatable bonds is 5. The Hall–Kier alpha value is -1.81. The number of carbonyl (C=O) groups is 1. The molecule has 106 valence electrons. The van der Waals surface area contributed by atoms with Crippen molar-refractivity contribution in [2.24, 2.45) is 0 Å². The molecule has 1 aromatic carbocycles. The molecular formula is C16H19NO2S. The monoisotopic (exact) mass is 289 g/mol. The third-order valence-electron chi connectivity index (χ3n) is 3.09. The molecule has 0 saturated carbocycles. The van der Waals surface area contributed by atoms with E-state index in [1.165, 1.54) is 16.9 Å². The Morgan fingerprint density at radius 3 is 2.75 bits per heavy atom. The second kappa shape index (κ2) is 6.57. The molecule has 1 heterocycles.